The molecule has 4 heterocycles. The monoisotopic (exact) mass is 428 g/mol. The number of nitrogens with one attached hydrogen (secondary N) is 1. The molecule has 10 heteroatoms. The summed E-state index contributed by atoms with van der Waals surface area (Å²) in [4.78, 5) is 27.4. The molecule has 9 nitrogen and oxygen atoms in total. The molecule has 1 aliphatic heterocycles. The number of ether oxygens (including phenoxy) is 2. The molecule has 31 heavy (non-hydrogen) atoms. The van der Waals surface area contributed by atoms with Crippen LogP contribution in [0.4, 0.5) is 10.2 Å². The Hall–Kier alpha value is -3.11. The highest BCUT2D eigenvalue weighted by molar-refractivity contribution is 5.77. The van der Waals surface area contributed by atoms with Crippen LogP contribution in [0.25, 0.3) is 17.2 Å². The van der Waals surface area contributed by atoms with Crippen molar-refractivity contribution in [3.63, 3.8) is 0 Å². The summed E-state index contributed by atoms with van der Waals surface area (Å²) in [5, 5.41) is 3.39. The maximum Gasteiger partial charge on any atom is 0.248 e. The van der Waals surface area contributed by atoms with E-state index in [1.54, 1.807) is 36.0 Å². The van der Waals surface area contributed by atoms with E-state index in [1.165, 1.54) is 12.3 Å². The minimum Gasteiger partial charge on any atom is -0.382 e. The zero-order valence-corrected chi connectivity index (χ0v) is 17.3. The maximum atomic E-state index is 13.7. The molecule has 0 spiro atoms. The van der Waals surface area contributed by atoms with Crippen molar-refractivity contribution in [2.45, 2.75) is 18.9 Å². The van der Waals surface area contributed by atoms with Gasteiger partial charge >= 0.3 is 0 Å². The molecule has 1 N–H and O–H groups in total. The van der Waals surface area contributed by atoms with Crippen molar-refractivity contribution >= 4 is 17.4 Å². The Morgan fingerprint density at radius 2 is 2.19 bits per heavy atom. The van der Waals surface area contributed by atoms with Crippen molar-refractivity contribution in [3.8, 4) is 11.5 Å². The van der Waals surface area contributed by atoms with Crippen molar-refractivity contribution < 1.29 is 18.7 Å². The van der Waals surface area contributed by atoms with Gasteiger partial charge in [-0.3, -0.25) is 9.20 Å². The molecule has 164 valence electrons. The third kappa shape index (κ3) is 5.15. The average Bonchev–Trinajstić information content (AvgIpc) is 3.20. The third-order valence-electron chi connectivity index (χ3n) is 5.14. The lowest BCUT2D eigenvalue weighted by atomic mass is 10.1. The summed E-state index contributed by atoms with van der Waals surface area (Å²) in [5.74, 6) is 0.698. The van der Waals surface area contributed by atoms with Gasteiger partial charge in [0.25, 0.3) is 0 Å². The van der Waals surface area contributed by atoms with E-state index in [9.17, 15) is 9.18 Å². The molecule has 1 saturated heterocycles. The molecule has 1 amide bonds. The molecule has 0 saturated carbocycles. The number of halogens is 1. The van der Waals surface area contributed by atoms with E-state index >= 15 is 0 Å². The van der Waals surface area contributed by atoms with Gasteiger partial charge in [-0.2, -0.15) is 0 Å². The number of pyridine rings is 1. The number of hydrogen-bond acceptors (Lipinski definition) is 7. The van der Waals surface area contributed by atoms with Gasteiger partial charge in [-0.1, -0.05) is 0 Å². The van der Waals surface area contributed by atoms with Crippen LogP contribution in [0.1, 0.15) is 12.8 Å². The SMILES string of the molecule is COCCOCC(=O)N1CCC[C@@H](Nc2ccnc(-c3cnc4ccc(F)cn34)n2)C1. The van der Waals surface area contributed by atoms with Crippen LogP contribution in [0, 0.1) is 5.82 Å². The first-order valence-corrected chi connectivity index (χ1v) is 10.2. The molecule has 0 bridgehead atoms. The van der Waals surface area contributed by atoms with Crippen LogP contribution >= 0.6 is 0 Å². The molecular formula is C21H25FN6O3. The number of piperidine rings is 1. The van der Waals surface area contributed by atoms with Crippen LogP contribution in [0.5, 0.6) is 0 Å². The summed E-state index contributed by atoms with van der Waals surface area (Å²) < 4.78 is 25.6. The second-order valence-corrected chi connectivity index (χ2v) is 7.35. The molecule has 4 rings (SSSR count). The highest BCUT2D eigenvalue weighted by Crippen LogP contribution is 2.20. The van der Waals surface area contributed by atoms with E-state index in [-0.39, 0.29) is 24.4 Å². The predicted octanol–water partition coefficient (Wildman–Crippen LogP) is 2.00. The summed E-state index contributed by atoms with van der Waals surface area (Å²) in [6.45, 7) is 2.21. The summed E-state index contributed by atoms with van der Waals surface area (Å²) in [6, 6.07) is 4.82. The fraction of sp³-hybridized carbons (Fsp3) is 0.429. The van der Waals surface area contributed by atoms with Gasteiger partial charge in [-0.05, 0) is 31.0 Å². The van der Waals surface area contributed by atoms with E-state index in [0.717, 1.165) is 12.8 Å². The summed E-state index contributed by atoms with van der Waals surface area (Å²) in [7, 11) is 1.60. The van der Waals surface area contributed by atoms with Gasteiger partial charge in [0.1, 0.15) is 29.6 Å². The lowest BCUT2D eigenvalue weighted by molar-refractivity contribution is -0.137. The zero-order chi connectivity index (χ0) is 21.6. The van der Waals surface area contributed by atoms with E-state index < -0.39 is 0 Å². The molecule has 0 aliphatic carbocycles. The van der Waals surface area contributed by atoms with E-state index in [4.69, 9.17) is 9.47 Å². The number of methoxy groups -OCH3 is 1. The fourth-order valence-electron chi connectivity index (χ4n) is 3.61. The second kappa shape index (κ2) is 9.80. The van der Waals surface area contributed by atoms with Crippen molar-refractivity contribution in [2.75, 3.05) is 45.3 Å². The number of rotatable bonds is 8. The van der Waals surface area contributed by atoms with E-state index in [2.05, 4.69) is 20.3 Å². The normalized spacial score (nSPS) is 16.6. The number of aromatic nitrogens is 4. The number of amides is 1. The molecule has 1 atom stereocenters. The molecule has 0 aromatic carbocycles. The summed E-state index contributed by atoms with van der Waals surface area (Å²) in [5.41, 5.74) is 1.22. The molecule has 1 fully saturated rings. The topological polar surface area (TPSA) is 93.9 Å². The summed E-state index contributed by atoms with van der Waals surface area (Å²) in [6.07, 6.45) is 6.46. The average molecular weight is 428 g/mol. The van der Waals surface area contributed by atoms with Crippen molar-refractivity contribution in [2.24, 2.45) is 0 Å². The Morgan fingerprint density at radius 3 is 3.06 bits per heavy atom. The van der Waals surface area contributed by atoms with E-state index in [0.29, 0.717) is 49.3 Å². The van der Waals surface area contributed by atoms with Gasteiger partial charge in [0.15, 0.2) is 5.82 Å². The van der Waals surface area contributed by atoms with Gasteiger partial charge in [-0.15, -0.1) is 0 Å². The fourth-order valence-corrected chi connectivity index (χ4v) is 3.61. The first-order chi connectivity index (χ1) is 15.1. The smallest absolute Gasteiger partial charge is 0.248 e. The van der Waals surface area contributed by atoms with Gasteiger partial charge in [0.2, 0.25) is 5.91 Å². The number of fused-ring (bicyclic) bond motifs is 1. The first kappa shape index (κ1) is 21.1. The minimum atomic E-state index is -0.362. The van der Waals surface area contributed by atoms with Gasteiger partial charge in [0, 0.05) is 38.6 Å². The Balaban J connectivity index is 1.41. The number of likely N-dealkylation sites (tertiary alicyclic amines) is 1. The zero-order valence-electron chi connectivity index (χ0n) is 17.3. The Morgan fingerprint density at radius 1 is 1.29 bits per heavy atom. The minimum absolute atomic E-state index is 0.0289. The standard InChI is InChI=1S/C21H25FN6O3/c1-30-9-10-31-14-20(29)27-8-2-3-16(13-27)25-18-6-7-23-21(26-18)17-11-24-19-5-4-15(22)12-28(17)19/h4-7,11-12,16H,2-3,8-10,13-14H2,1H3,(H,23,25,26)/t16-/m1/s1. The molecule has 0 radical (unpaired) electrons. The van der Waals surface area contributed by atoms with Crippen molar-refractivity contribution in [1.29, 1.82) is 0 Å². The lowest BCUT2D eigenvalue weighted by Gasteiger charge is -2.33. The van der Waals surface area contributed by atoms with Crippen LogP contribution in [-0.4, -0.2) is 76.2 Å². The molecule has 0 unspecified atom stereocenters. The Kier molecular flexibility index (Phi) is 6.68. The molecule has 3 aromatic rings. The highest BCUT2D eigenvalue weighted by Gasteiger charge is 2.24. The number of hydrogen-bond donors (Lipinski definition) is 1. The van der Waals surface area contributed by atoms with Crippen molar-refractivity contribution in [1.82, 2.24) is 24.3 Å². The molecule has 1 aliphatic rings. The van der Waals surface area contributed by atoms with Gasteiger partial charge in [0.05, 0.1) is 19.4 Å². The number of nitrogens with zero attached hydrogens (tertiary/aromatic N) is 5. The van der Waals surface area contributed by atoms with Crippen LogP contribution < -0.4 is 5.32 Å². The second-order valence-electron chi connectivity index (χ2n) is 7.35. The molecule has 3 aromatic heterocycles. The number of anilines is 1. The highest BCUT2D eigenvalue weighted by atomic mass is 19.1. The predicted molar refractivity (Wildman–Crippen MR) is 112 cm³/mol. The van der Waals surface area contributed by atoms with Crippen LogP contribution in [0.2, 0.25) is 0 Å². The van der Waals surface area contributed by atoms with Gasteiger partial charge in [-0.25, -0.2) is 19.3 Å². The first-order valence-electron chi connectivity index (χ1n) is 10.2. The maximum absolute atomic E-state index is 13.7. The van der Waals surface area contributed by atoms with Crippen molar-refractivity contribution in [3.05, 3.63) is 42.6 Å². The van der Waals surface area contributed by atoms with E-state index in [1.807, 2.05) is 4.90 Å². The quantitative estimate of drug-likeness (QED) is 0.549. The Bertz CT molecular complexity index is 1040. The van der Waals surface area contributed by atoms with Crippen LogP contribution in [-0.2, 0) is 14.3 Å². The van der Waals surface area contributed by atoms with Crippen LogP contribution in [0.3, 0.4) is 0 Å². The lowest BCUT2D eigenvalue weighted by Crippen LogP contribution is -2.46. The number of carbonyl (C=O) groups excluding carboxylic acids is 1. The largest absolute Gasteiger partial charge is 0.382 e. The Labute approximate surface area is 179 Å². The third-order valence-corrected chi connectivity index (χ3v) is 5.14. The number of imidazole rings is 1. The number of carbonyl (C=O) groups is 1. The van der Waals surface area contributed by atoms with Gasteiger partial charge < -0.3 is 19.7 Å². The van der Waals surface area contributed by atoms with Crippen LogP contribution in [0.15, 0.2) is 36.8 Å². The molecular weight excluding hydrogens is 403 g/mol. The summed E-state index contributed by atoms with van der Waals surface area (Å²) >= 11 is 0.